The summed E-state index contributed by atoms with van der Waals surface area (Å²) in [6, 6.07) is 10.3. The Kier molecular flexibility index (Phi) is 6.11. The zero-order valence-corrected chi connectivity index (χ0v) is 16.9. The van der Waals surface area contributed by atoms with Crippen molar-refractivity contribution in [1.29, 1.82) is 0 Å². The van der Waals surface area contributed by atoms with Gasteiger partial charge < -0.3 is 5.32 Å². The number of carbonyl (C=O) groups excluding carboxylic acids is 4. The van der Waals surface area contributed by atoms with Crippen molar-refractivity contribution < 1.29 is 19.2 Å². The van der Waals surface area contributed by atoms with Crippen LogP contribution in [0.15, 0.2) is 46.7 Å². The third kappa shape index (κ3) is 4.58. The standard InChI is InChI=1S/C20H18N2O4S2/c1-12(21-13(2)23)14-5-7-15(8-6-14)17(24)11-22-19(25)18(28-20(22)26)10-16-4-3-9-27-16/h3-10,12H,11H2,1-2H3,(H,21,23)/b18-10-. The first-order chi connectivity index (χ1) is 13.3. The van der Waals surface area contributed by atoms with Crippen molar-refractivity contribution in [3.05, 3.63) is 62.7 Å². The Labute approximate surface area is 170 Å². The van der Waals surface area contributed by atoms with Crippen molar-refractivity contribution in [2.24, 2.45) is 0 Å². The van der Waals surface area contributed by atoms with Crippen molar-refractivity contribution in [2.45, 2.75) is 19.9 Å². The van der Waals surface area contributed by atoms with Gasteiger partial charge in [-0.2, -0.15) is 0 Å². The molecule has 0 bridgehead atoms. The highest BCUT2D eigenvalue weighted by Gasteiger charge is 2.36. The number of ketones is 1. The number of amides is 3. The molecule has 144 valence electrons. The van der Waals surface area contributed by atoms with Crippen LogP contribution in [0.1, 0.15) is 40.7 Å². The third-order valence-corrected chi connectivity index (χ3v) is 5.87. The van der Waals surface area contributed by atoms with Gasteiger partial charge in [0, 0.05) is 17.4 Å². The second kappa shape index (κ2) is 8.53. The zero-order valence-electron chi connectivity index (χ0n) is 15.3. The van der Waals surface area contributed by atoms with Gasteiger partial charge in [-0.05, 0) is 41.8 Å². The second-order valence-corrected chi connectivity index (χ2v) is 8.22. The number of rotatable bonds is 6. The van der Waals surface area contributed by atoms with E-state index in [0.29, 0.717) is 10.5 Å². The molecule has 1 N–H and O–H groups in total. The molecule has 8 heteroatoms. The van der Waals surface area contributed by atoms with Crippen LogP contribution in [0.3, 0.4) is 0 Å². The fraction of sp³-hybridized carbons (Fsp3) is 0.200. The number of hydrogen-bond donors (Lipinski definition) is 1. The first-order valence-electron chi connectivity index (χ1n) is 8.54. The van der Waals surface area contributed by atoms with E-state index in [0.717, 1.165) is 27.1 Å². The van der Waals surface area contributed by atoms with E-state index in [4.69, 9.17) is 0 Å². The zero-order chi connectivity index (χ0) is 20.3. The summed E-state index contributed by atoms with van der Waals surface area (Å²) in [6.45, 7) is 2.99. The highest BCUT2D eigenvalue weighted by molar-refractivity contribution is 8.18. The van der Waals surface area contributed by atoms with E-state index in [1.807, 2.05) is 24.4 Å². The minimum Gasteiger partial charge on any atom is -0.350 e. The monoisotopic (exact) mass is 414 g/mol. The van der Waals surface area contributed by atoms with E-state index in [1.54, 1.807) is 30.3 Å². The summed E-state index contributed by atoms with van der Waals surface area (Å²) < 4.78 is 0. The molecule has 1 aromatic heterocycles. The molecule has 0 saturated carbocycles. The van der Waals surface area contributed by atoms with Crippen molar-refractivity contribution in [2.75, 3.05) is 6.54 Å². The van der Waals surface area contributed by atoms with Crippen molar-refractivity contribution in [1.82, 2.24) is 10.2 Å². The number of thioether (sulfide) groups is 1. The summed E-state index contributed by atoms with van der Waals surface area (Å²) >= 11 is 2.31. The van der Waals surface area contributed by atoms with Gasteiger partial charge in [-0.15, -0.1) is 11.3 Å². The maximum absolute atomic E-state index is 12.5. The molecule has 6 nitrogen and oxygen atoms in total. The molecule has 1 aliphatic rings. The quantitative estimate of drug-likeness (QED) is 0.573. The van der Waals surface area contributed by atoms with Crippen molar-refractivity contribution in [3.8, 4) is 0 Å². The smallest absolute Gasteiger partial charge is 0.293 e. The normalized spacial score (nSPS) is 16.5. The van der Waals surface area contributed by atoms with E-state index < -0.39 is 11.1 Å². The van der Waals surface area contributed by atoms with Crippen LogP contribution in [0.25, 0.3) is 6.08 Å². The lowest BCUT2D eigenvalue weighted by Gasteiger charge is -2.14. The SMILES string of the molecule is CC(=O)NC(C)c1ccc(C(=O)CN2C(=O)S/C(=C\c3cccs3)C2=O)cc1. The van der Waals surface area contributed by atoms with Crippen LogP contribution >= 0.6 is 23.1 Å². The van der Waals surface area contributed by atoms with Gasteiger partial charge in [0.05, 0.1) is 17.5 Å². The van der Waals surface area contributed by atoms with E-state index >= 15 is 0 Å². The molecule has 1 aliphatic heterocycles. The van der Waals surface area contributed by atoms with Crippen LogP contribution in [0.5, 0.6) is 0 Å². The fourth-order valence-electron chi connectivity index (χ4n) is 2.72. The number of Topliss-reactive ketones (excluding diaryl/α,β-unsaturated/α-hetero) is 1. The third-order valence-electron chi connectivity index (χ3n) is 4.14. The molecule has 3 amide bonds. The molecule has 1 saturated heterocycles. The number of nitrogens with one attached hydrogen (secondary N) is 1. The van der Waals surface area contributed by atoms with Crippen LogP contribution in [-0.4, -0.2) is 34.3 Å². The summed E-state index contributed by atoms with van der Waals surface area (Å²) in [5.74, 6) is -0.909. The van der Waals surface area contributed by atoms with Crippen LogP contribution in [0.4, 0.5) is 4.79 Å². The first-order valence-corrected chi connectivity index (χ1v) is 10.2. The van der Waals surface area contributed by atoms with Gasteiger partial charge in [-0.25, -0.2) is 0 Å². The number of hydrogen-bond acceptors (Lipinski definition) is 6. The molecule has 1 fully saturated rings. The summed E-state index contributed by atoms with van der Waals surface area (Å²) in [7, 11) is 0. The predicted molar refractivity (Wildman–Crippen MR) is 110 cm³/mol. The summed E-state index contributed by atoms with van der Waals surface area (Å²) in [5.41, 5.74) is 1.26. The molecule has 3 rings (SSSR count). The topological polar surface area (TPSA) is 83.6 Å². The molecule has 0 spiro atoms. The minimum atomic E-state index is -0.451. The van der Waals surface area contributed by atoms with Gasteiger partial charge >= 0.3 is 0 Å². The minimum absolute atomic E-state index is 0.136. The summed E-state index contributed by atoms with van der Waals surface area (Å²) in [4.78, 5) is 50.5. The Balaban J connectivity index is 1.68. The molecule has 1 aromatic carbocycles. The average molecular weight is 415 g/mol. The highest BCUT2D eigenvalue weighted by atomic mass is 32.2. The van der Waals surface area contributed by atoms with Crippen molar-refractivity contribution >= 4 is 52.0 Å². The average Bonchev–Trinajstić information content (AvgIpc) is 3.25. The molecule has 28 heavy (non-hydrogen) atoms. The Hall–Kier alpha value is -2.71. The lowest BCUT2D eigenvalue weighted by molar-refractivity contribution is -0.122. The Morgan fingerprint density at radius 1 is 1.18 bits per heavy atom. The highest BCUT2D eigenvalue weighted by Crippen LogP contribution is 2.33. The first kappa shape index (κ1) is 20.0. The molecule has 1 unspecified atom stereocenters. The number of nitrogens with zero attached hydrogens (tertiary/aromatic N) is 1. The Bertz CT molecular complexity index is 949. The van der Waals surface area contributed by atoms with Gasteiger partial charge in [0.1, 0.15) is 0 Å². The predicted octanol–water partition coefficient (Wildman–Crippen LogP) is 3.86. The molecule has 0 radical (unpaired) electrons. The van der Waals surface area contributed by atoms with Gasteiger partial charge in [0.25, 0.3) is 11.1 Å². The van der Waals surface area contributed by atoms with Crippen LogP contribution in [-0.2, 0) is 9.59 Å². The van der Waals surface area contributed by atoms with E-state index in [2.05, 4.69) is 5.32 Å². The van der Waals surface area contributed by atoms with Crippen LogP contribution in [0, 0.1) is 0 Å². The Morgan fingerprint density at radius 3 is 2.50 bits per heavy atom. The van der Waals surface area contributed by atoms with E-state index in [1.165, 1.54) is 18.3 Å². The maximum Gasteiger partial charge on any atom is 0.293 e. The number of benzene rings is 1. The molecule has 2 heterocycles. The molecular weight excluding hydrogens is 396 g/mol. The number of imide groups is 1. The van der Waals surface area contributed by atoms with Crippen LogP contribution < -0.4 is 5.32 Å². The molecular formula is C20H18N2O4S2. The molecule has 0 aliphatic carbocycles. The lowest BCUT2D eigenvalue weighted by Crippen LogP contribution is -2.33. The summed E-state index contributed by atoms with van der Waals surface area (Å²) in [6.07, 6.45) is 1.66. The van der Waals surface area contributed by atoms with Crippen LogP contribution in [0.2, 0.25) is 0 Å². The van der Waals surface area contributed by atoms with E-state index in [9.17, 15) is 19.2 Å². The Morgan fingerprint density at radius 2 is 1.89 bits per heavy atom. The van der Waals surface area contributed by atoms with Gasteiger partial charge in [0.15, 0.2) is 5.78 Å². The van der Waals surface area contributed by atoms with Gasteiger partial charge in [0.2, 0.25) is 5.91 Å². The molecule has 2 aromatic rings. The largest absolute Gasteiger partial charge is 0.350 e. The fourth-order valence-corrected chi connectivity index (χ4v) is 4.28. The number of thiophene rings is 1. The second-order valence-electron chi connectivity index (χ2n) is 6.25. The van der Waals surface area contributed by atoms with E-state index in [-0.39, 0.29) is 24.3 Å². The number of carbonyl (C=O) groups is 4. The van der Waals surface area contributed by atoms with Gasteiger partial charge in [-0.3, -0.25) is 24.1 Å². The lowest BCUT2D eigenvalue weighted by atomic mass is 10.0. The molecule has 1 atom stereocenters. The summed E-state index contributed by atoms with van der Waals surface area (Å²) in [5, 5.41) is 4.21. The van der Waals surface area contributed by atoms with Crippen molar-refractivity contribution in [3.63, 3.8) is 0 Å². The van der Waals surface area contributed by atoms with Gasteiger partial charge in [-0.1, -0.05) is 30.3 Å². The maximum atomic E-state index is 12.5.